The van der Waals surface area contributed by atoms with E-state index in [0.29, 0.717) is 23.3 Å². The topological polar surface area (TPSA) is 64.0 Å². The number of nitrogens with one attached hydrogen (secondary N) is 1. The number of hydrogen-bond acceptors (Lipinski definition) is 3. The minimum Gasteiger partial charge on any atom is -0.350 e. The van der Waals surface area contributed by atoms with Crippen LogP contribution in [-0.4, -0.2) is 15.5 Å². The SMILES string of the molecule is Cc1ccc(-c2nc3ccccc3c(=O)n2CC(=O)NCc2ccccc2)cc1. The molecule has 0 atom stereocenters. The second-order valence-corrected chi connectivity index (χ2v) is 6.97. The number of aromatic nitrogens is 2. The standard InChI is InChI=1S/C24H21N3O2/c1-17-11-13-19(14-12-17)23-26-21-10-6-5-9-20(21)24(29)27(23)16-22(28)25-15-18-7-3-2-4-8-18/h2-14H,15-16H2,1H3,(H,25,28). The second kappa shape index (κ2) is 8.10. The highest BCUT2D eigenvalue weighted by molar-refractivity contribution is 5.81. The summed E-state index contributed by atoms with van der Waals surface area (Å²) < 4.78 is 1.45. The Hall–Kier alpha value is -3.73. The first-order chi connectivity index (χ1) is 14.1. The molecule has 144 valence electrons. The zero-order chi connectivity index (χ0) is 20.2. The van der Waals surface area contributed by atoms with Gasteiger partial charge in [-0.3, -0.25) is 14.2 Å². The molecule has 4 aromatic rings. The number of aryl methyl sites for hydroxylation is 1. The lowest BCUT2D eigenvalue weighted by molar-refractivity contribution is -0.121. The highest BCUT2D eigenvalue weighted by Gasteiger charge is 2.15. The Morgan fingerprint density at radius 2 is 1.62 bits per heavy atom. The zero-order valence-electron chi connectivity index (χ0n) is 16.1. The van der Waals surface area contributed by atoms with E-state index in [4.69, 9.17) is 4.98 Å². The maximum Gasteiger partial charge on any atom is 0.262 e. The molecule has 0 saturated carbocycles. The number of benzene rings is 3. The largest absolute Gasteiger partial charge is 0.350 e. The molecule has 0 fully saturated rings. The third kappa shape index (κ3) is 4.09. The van der Waals surface area contributed by atoms with Gasteiger partial charge in [0.05, 0.1) is 10.9 Å². The summed E-state index contributed by atoms with van der Waals surface area (Å²) in [6.07, 6.45) is 0. The van der Waals surface area contributed by atoms with Crippen LogP contribution in [-0.2, 0) is 17.9 Å². The molecule has 1 amide bonds. The average Bonchev–Trinajstić information content (AvgIpc) is 2.75. The van der Waals surface area contributed by atoms with E-state index in [1.807, 2.05) is 73.7 Å². The van der Waals surface area contributed by atoms with Crippen molar-refractivity contribution in [2.45, 2.75) is 20.0 Å². The van der Waals surface area contributed by atoms with Crippen LogP contribution < -0.4 is 10.9 Å². The molecule has 0 saturated heterocycles. The molecule has 0 bridgehead atoms. The third-order valence-corrected chi connectivity index (χ3v) is 4.81. The van der Waals surface area contributed by atoms with E-state index in [-0.39, 0.29) is 18.0 Å². The molecule has 0 aliphatic rings. The van der Waals surface area contributed by atoms with Crippen molar-refractivity contribution in [2.24, 2.45) is 0 Å². The molecule has 0 aliphatic carbocycles. The third-order valence-electron chi connectivity index (χ3n) is 4.81. The van der Waals surface area contributed by atoms with E-state index in [2.05, 4.69) is 5.32 Å². The maximum atomic E-state index is 13.1. The lowest BCUT2D eigenvalue weighted by Gasteiger charge is -2.14. The van der Waals surface area contributed by atoms with Gasteiger partial charge in [0.2, 0.25) is 5.91 Å². The molecular formula is C24H21N3O2. The molecular weight excluding hydrogens is 362 g/mol. The predicted octanol–water partition coefficient (Wildman–Crippen LogP) is 3.69. The smallest absolute Gasteiger partial charge is 0.262 e. The van der Waals surface area contributed by atoms with Crippen LogP contribution in [0, 0.1) is 6.92 Å². The summed E-state index contributed by atoms with van der Waals surface area (Å²) in [7, 11) is 0. The van der Waals surface area contributed by atoms with Gasteiger partial charge in [-0.1, -0.05) is 72.3 Å². The van der Waals surface area contributed by atoms with Gasteiger partial charge < -0.3 is 5.32 Å². The Kier molecular flexibility index (Phi) is 5.20. The van der Waals surface area contributed by atoms with Gasteiger partial charge in [-0.15, -0.1) is 0 Å². The van der Waals surface area contributed by atoms with E-state index in [1.54, 1.807) is 12.1 Å². The van der Waals surface area contributed by atoms with Gasteiger partial charge in [0.15, 0.2) is 0 Å². The fraction of sp³-hybridized carbons (Fsp3) is 0.125. The number of hydrogen-bond donors (Lipinski definition) is 1. The van der Waals surface area contributed by atoms with Crippen molar-refractivity contribution in [2.75, 3.05) is 0 Å². The van der Waals surface area contributed by atoms with E-state index >= 15 is 0 Å². The van der Waals surface area contributed by atoms with Crippen LogP contribution in [0.2, 0.25) is 0 Å². The Labute approximate surface area is 168 Å². The Morgan fingerprint density at radius 3 is 2.38 bits per heavy atom. The quantitative estimate of drug-likeness (QED) is 0.572. The molecule has 1 aromatic heterocycles. The minimum atomic E-state index is -0.235. The second-order valence-electron chi connectivity index (χ2n) is 6.97. The van der Waals surface area contributed by atoms with Crippen molar-refractivity contribution in [3.05, 3.63) is 100 Å². The molecule has 5 nitrogen and oxygen atoms in total. The van der Waals surface area contributed by atoms with Crippen LogP contribution in [0.5, 0.6) is 0 Å². The average molecular weight is 383 g/mol. The van der Waals surface area contributed by atoms with Crippen molar-refractivity contribution in [3.63, 3.8) is 0 Å². The number of nitrogens with zero attached hydrogens (tertiary/aromatic N) is 2. The van der Waals surface area contributed by atoms with Gasteiger partial charge in [0.25, 0.3) is 5.56 Å². The van der Waals surface area contributed by atoms with Crippen LogP contribution >= 0.6 is 0 Å². The fourth-order valence-corrected chi connectivity index (χ4v) is 3.23. The molecule has 29 heavy (non-hydrogen) atoms. The normalized spacial score (nSPS) is 10.8. The van der Waals surface area contributed by atoms with E-state index in [9.17, 15) is 9.59 Å². The summed E-state index contributed by atoms with van der Waals surface area (Å²) in [6, 6.07) is 24.7. The molecule has 3 aromatic carbocycles. The summed E-state index contributed by atoms with van der Waals surface area (Å²) in [5, 5.41) is 3.38. The number of fused-ring (bicyclic) bond motifs is 1. The Bertz CT molecular complexity index is 1210. The minimum absolute atomic E-state index is 0.0906. The molecule has 0 radical (unpaired) electrons. The highest BCUT2D eigenvalue weighted by Crippen LogP contribution is 2.19. The first-order valence-electron chi connectivity index (χ1n) is 9.49. The summed E-state index contributed by atoms with van der Waals surface area (Å²) >= 11 is 0. The van der Waals surface area contributed by atoms with Gasteiger partial charge in [-0.2, -0.15) is 0 Å². The summed E-state index contributed by atoms with van der Waals surface area (Å²) in [5.41, 5.74) is 3.32. The van der Waals surface area contributed by atoms with E-state index in [1.165, 1.54) is 4.57 Å². The maximum absolute atomic E-state index is 13.1. The highest BCUT2D eigenvalue weighted by atomic mass is 16.2. The fourth-order valence-electron chi connectivity index (χ4n) is 3.23. The number of carbonyl (C=O) groups is 1. The van der Waals surface area contributed by atoms with Crippen LogP contribution in [0.1, 0.15) is 11.1 Å². The van der Waals surface area contributed by atoms with Crippen LogP contribution in [0.15, 0.2) is 83.7 Å². The van der Waals surface area contributed by atoms with Crippen LogP contribution in [0.25, 0.3) is 22.3 Å². The van der Waals surface area contributed by atoms with Gasteiger partial charge in [0, 0.05) is 12.1 Å². The molecule has 0 spiro atoms. The van der Waals surface area contributed by atoms with Crippen molar-refractivity contribution < 1.29 is 4.79 Å². The lowest BCUT2D eigenvalue weighted by atomic mass is 10.1. The van der Waals surface area contributed by atoms with Crippen molar-refractivity contribution in [1.29, 1.82) is 0 Å². The van der Waals surface area contributed by atoms with Crippen LogP contribution in [0.4, 0.5) is 0 Å². The number of para-hydroxylation sites is 1. The van der Waals surface area contributed by atoms with Crippen molar-refractivity contribution in [3.8, 4) is 11.4 Å². The van der Waals surface area contributed by atoms with E-state index in [0.717, 1.165) is 16.7 Å². The van der Waals surface area contributed by atoms with Crippen molar-refractivity contribution in [1.82, 2.24) is 14.9 Å². The summed E-state index contributed by atoms with van der Waals surface area (Å²) in [6.45, 7) is 2.32. The van der Waals surface area contributed by atoms with Gasteiger partial charge >= 0.3 is 0 Å². The first-order valence-corrected chi connectivity index (χ1v) is 9.49. The Balaban J connectivity index is 1.70. The van der Waals surface area contributed by atoms with E-state index < -0.39 is 0 Å². The number of carbonyl (C=O) groups excluding carboxylic acids is 1. The monoisotopic (exact) mass is 383 g/mol. The zero-order valence-corrected chi connectivity index (χ0v) is 16.1. The van der Waals surface area contributed by atoms with Gasteiger partial charge in [-0.25, -0.2) is 4.98 Å². The number of rotatable bonds is 5. The molecule has 1 heterocycles. The summed E-state index contributed by atoms with van der Waals surface area (Å²) in [4.78, 5) is 30.4. The predicted molar refractivity (Wildman–Crippen MR) is 114 cm³/mol. The molecule has 5 heteroatoms. The van der Waals surface area contributed by atoms with Gasteiger partial charge in [-0.05, 0) is 24.6 Å². The lowest BCUT2D eigenvalue weighted by Crippen LogP contribution is -2.33. The molecule has 0 unspecified atom stereocenters. The van der Waals surface area contributed by atoms with Crippen LogP contribution in [0.3, 0.4) is 0 Å². The number of amides is 1. The molecule has 0 aliphatic heterocycles. The first kappa shape index (κ1) is 18.6. The van der Waals surface area contributed by atoms with Crippen molar-refractivity contribution >= 4 is 16.8 Å². The molecule has 1 N–H and O–H groups in total. The Morgan fingerprint density at radius 1 is 0.931 bits per heavy atom. The van der Waals surface area contributed by atoms with Gasteiger partial charge in [0.1, 0.15) is 12.4 Å². The summed E-state index contributed by atoms with van der Waals surface area (Å²) in [5.74, 6) is 0.255. The molecule has 4 rings (SSSR count).